The summed E-state index contributed by atoms with van der Waals surface area (Å²) in [5.41, 5.74) is 2.69. The highest BCUT2D eigenvalue weighted by Crippen LogP contribution is 2.34. The minimum atomic E-state index is -4.54. The van der Waals surface area contributed by atoms with Crippen LogP contribution in [-0.2, 0) is 33.0 Å². The third kappa shape index (κ3) is 13.9. The third-order valence-electron chi connectivity index (χ3n) is 6.80. The molecule has 0 unspecified atom stereocenters. The molecule has 0 bridgehead atoms. The normalized spacial score (nSPS) is 14.1. The van der Waals surface area contributed by atoms with Crippen LogP contribution in [0.5, 0.6) is 0 Å². The maximum absolute atomic E-state index is 13.9. The Morgan fingerprint density at radius 3 is 2.20 bits per heavy atom. The zero-order chi connectivity index (χ0) is 36.6. The van der Waals surface area contributed by atoms with Gasteiger partial charge in [-0.05, 0) is 55.4 Å². The molecule has 0 spiro atoms. The lowest BCUT2D eigenvalue weighted by Crippen LogP contribution is -2.44. The van der Waals surface area contributed by atoms with Gasteiger partial charge in [0.2, 0.25) is 0 Å². The van der Waals surface area contributed by atoms with E-state index in [4.69, 9.17) is 9.11 Å². The quantitative estimate of drug-likeness (QED) is 0.178. The Labute approximate surface area is 282 Å². The first-order valence-corrected chi connectivity index (χ1v) is 18.0. The molecule has 0 radical (unpaired) electrons. The summed E-state index contributed by atoms with van der Waals surface area (Å²) in [6, 6.07) is 10.9. The molecule has 3 heterocycles. The number of rotatable bonds is 4. The molecule has 1 aliphatic rings. The second-order valence-electron chi connectivity index (χ2n) is 11.2. The molecule has 1 amide bonds. The number of amides is 1. The summed E-state index contributed by atoms with van der Waals surface area (Å²) >= 11 is 0. The number of hydrogen-bond donors (Lipinski definition) is 4. The van der Waals surface area contributed by atoms with Crippen LogP contribution < -0.4 is 5.32 Å². The minimum Gasteiger partial charge on any atom is -0.322 e. The number of H-pyrrole nitrogens is 1. The summed E-state index contributed by atoms with van der Waals surface area (Å²) in [5.74, 6) is 5.60. The number of pyridine rings is 1. The van der Waals surface area contributed by atoms with Crippen LogP contribution in [0, 0.1) is 18.8 Å². The molecule has 1 saturated heterocycles. The molecule has 4 aromatic rings. The largest absolute Gasteiger partial charge is 0.416 e. The van der Waals surface area contributed by atoms with Gasteiger partial charge in [-0.2, -0.15) is 35.1 Å². The number of alkyl halides is 3. The van der Waals surface area contributed by atoms with Gasteiger partial charge in [-0.25, -0.2) is 4.98 Å². The van der Waals surface area contributed by atoms with Crippen LogP contribution in [0.3, 0.4) is 0 Å². The van der Waals surface area contributed by atoms with E-state index in [1.165, 1.54) is 12.1 Å². The SMILES string of the molecule is CS(=O)(=O)O.CS(=O)(=O)O.Cc1ccc(C(=O)Nc2ccc(CN3CCN(C)CC3)c(C(F)(F)F)c2)cc1C#Cc1cnc2[nH]ncc2c1. The van der Waals surface area contributed by atoms with E-state index >= 15 is 0 Å². The van der Waals surface area contributed by atoms with Crippen LogP contribution >= 0.6 is 0 Å². The number of piperazine rings is 1. The van der Waals surface area contributed by atoms with Gasteiger partial charge >= 0.3 is 6.18 Å². The lowest BCUT2D eigenvalue weighted by molar-refractivity contribution is -0.138. The number of aromatic nitrogens is 3. The van der Waals surface area contributed by atoms with E-state index in [0.717, 1.165) is 30.1 Å². The molecular weight excluding hydrogens is 690 g/mol. The molecule has 18 heteroatoms. The molecule has 2 aromatic heterocycles. The molecule has 264 valence electrons. The van der Waals surface area contributed by atoms with Crippen LogP contribution in [0.1, 0.15) is 38.2 Å². The number of fused-ring (bicyclic) bond motifs is 1. The number of hydrogen-bond acceptors (Lipinski definition) is 9. The first-order chi connectivity index (χ1) is 22.7. The highest BCUT2D eigenvalue weighted by atomic mass is 32.2. The number of carbonyl (C=O) groups is 1. The first kappa shape index (κ1) is 39.1. The molecule has 5 rings (SSSR count). The highest BCUT2D eigenvalue weighted by Gasteiger charge is 2.34. The molecule has 1 aliphatic heterocycles. The monoisotopic (exact) mass is 724 g/mol. The van der Waals surface area contributed by atoms with Crippen LogP contribution in [0.2, 0.25) is 0 Å². The Balaban J connectivity index is 0.000000571. The number of nitrogens with one attached hydrogen (secondary N) is 2. The Bertz CT molecular complexity index is 2020. The van der Waals surface area contributed by atoms with Crippen molar-refractivity contribution >= 4 is 42.9 Å². The van der Waals surface area contributed by atoms with Crippen molar-refractivity contribution in [2.75, 3.05) is 51.1 Å². The molecule has 49 heavy (non-hydrogen) atoms. The maximum Gasteiger partial charge on any atom is 0.416 e. The van der Waals surface area contributed by atoms with Gasteiger partial charge in [0.05, 0.1) is 24.3 Å². The molecule has 0 saturated carbocycles. The van der Waals surface area contributed by atoms with Crippen molar-refractivity contribution < 1.29 is 43.9 Å². The lowest BCUT2D eigenvalue weighted by Gasteiger charge is -2.33. The summed E-state index contributed by atoms with van der Waals surface area (Å²) in [4.78, 5) is 21.4. The predicted molar refractivity (Wildman–Crippen MR) is 178 cm³/mol. The zero-order valence-electron chi connectivity index (χ0n) is 26.9. The summed E-state index contributed by atoms with van der Waals surface area (Å²) in [5, 5.41) is 10.2. The van der Waals surface area contributed by atoms with E-state index in [-0.39, 0.29) is 17.8 Å². The van der Waals surface area contributed by atoms with E-state index in [0.29, 0.717) is 47.9 Å². The van der Waals surface area contributed by atoms with Gasteiger partial charge in [0.1, 0.15) is 0 Å². The van der Waals surface area contributed by atoms with Gasteiger partial charge in [0.25, 0.3) is 26.1 Å². The van der Waals surface area contributed by atoms with Gasteiger partial charge in [0.15, 0.2) is 5.65 Å². The second kappa shape index (κ2) is 16.3. The number of benzene rings is 2. The highest BCUT2D eigenvalue weighted by molar-refractivity contribution is 7.85. The number of halogens is 3. The molecule has 0 atom stereocenters. The first-order valence-electron chi connectivity index (χ1n) is 14.3. The van der Waals surface area contributed by atoms with Crippen LogP contribution in [0.25, 0.3) is 11.0 Å². The van der Waals surface area contributed by atoms with Gasteiger partial charge in [-0.15, -0.1) is 0 Å². The summed E-state index contributed by atoms with van der Waals surface area (Å²) in [6.07, 6.45) is 0.182. The average Bonchev–Trinajstić information content (AvgIpc) is 3.44. The van der Waals surface area contributed by atoms with Gasteiger partial charge < -0.3 is 10.2 Å². The van der Waals surface area contributed by atoms with Crippen molar-refractivity contribution in [3.63, 3.8) is 0 Å². The number of carbonyl (C=O) groups excluding carboxylic acids is 1. The molecule has 1 fully saturated rings. The van der Waals surface area contributed by atoms with Crippen LogP contribution in [-0.4, -0.2) is 103 Å². The van der Waals surface area contributed by atoms with E-state index < -0.39 is 37.9 Å². The number of anilines is 1. The summed E-state index contributed by atoms with van der Waals surface area (Å²) in [7, 11) is -5.33. The Hall–Kier alpha value is -4.38. The second-order valence-corrected chi connectivity index (χ2v) is 14.1. The summed E-state index contributed by atoms with van der Waals surface area (Å²) < 4.78 is 93.5. The number of aromatic amines is 1. The Morgan fingerprint density at radius 2 is 1.59 bits per heavy atom. The molecule has 0 aliphatic carbocycles. The minimum absolute atomic E-state index is 0.0853. The topological polar surface area (TPSA) is 186 Å². The fourth-order valence-corrected chi connectivity index (χ4v) is 4.45. The third-order valence-corrected chi connectivity index (χ3v) is 6.80. The average molecular weight is 725 g/mol. The smallest absolute Gasteiger partial charge is 0.322 e. The van der Waals surface area contributed by atoms with E-state index in [1.54, 1.807) is 30.6 Å². The van der Waals surface area contributed by atoms with Crippen LogP contribution in [0.4, 0.5) is 18.9 Å². The van der Waals surface area contributed by atoms with E-state index in [9.17, 15) is 34.8 Å². The van der Waals surface area contributed by atoms with E-state index in [2.05, 4.69) is 37.2 Å². The fraction of sp³-hybridized carbons (Fsp3) is 0.323. The van der Waals surface area contributed by atoms with Crippen LogP contribution in [0.15, 0.2) is 54.9 Å². The fourth-order valence-electron chi connectivity index (χ4n) is 4.45. The van der Waals surface area contributed by atoms with Crippen molar-refractivity contribution in [3.05, 3.63) is 88.2 Å². The summed E-state index contributed by atoms with van der Waals surface area (Å²) in [6.45, 7) is 5.13. The Morgan fingerprint density at radius 1 is 0.959 bits per heavy atom. The molecule has 2 aromatic carbocycles. The van der Waals surface area contributed by atoms with Crippen molar-refractivity contribution in [3.8, 4) is 11.8 Å². The van der Waals surface area contributed by atoms with Gasteiger partial charge in [0, 0.05) is 66.7 Å². The number of nitrogens with zero attached hydrogens (tertiary/aromatic N) is 4. The number of aryl methyl sites for hydroxylation is 1. The lowest BCUT2D eigenvalue weighted by atomic mass is 10.0. The van der Waals surface area contributed by atoms with Crippen molar-refractivity contribution in [2.45, 2.75) is 19.6 Å². The van der Waals surface area contributed by atoms with Crippen molar-refractivity contribution in [2.24, 2.45) is 0 Å². The molecule has 13 nitrogen and oxygen atoms in total. The Kier molecular flexibility index (Phi) is 13.0. The number of likely N-dealkylation sites (N-methyl/N-ethyl adjacent to an activating group) is 1. The van der Waals surface area contributed by atoms with E-state index in [1.807, 2.05) is 24.9 Å². The van der Waals surface area contributed by atoms with Gasteiger partial charge in [-0.1, -0.05) is 24.0 Å². The standard InChI is InChI=1S/C29H27F3N6O.2CH4O3S/c1-19-3-5-22(14-21(19)6-4-20-13-24-17-34-36-27(24)33-16-20)28(39)35-25-8-7-23(26(15-25)29(30,31)32)18-38-11-9-37(2)10-12-38;2*1-5(2,3)4/h3,5,7-8,13-17H,9-12,18H2,1-2H3,(H,35,39)(H,33,34,36);2*1H3,(H,2,3,4). The maximum atomic E-state index is 13.9. The predicted octanol–water partition coefficient (Wildman–Crippen LogP) is 3.69. The zero-order valence-corrected chi connectivity index (χ0v) is 28.5. The van der Waals surface area contributed by atoms with Crippen molar-refractivity contribution in [1.82, 2.24) is 25.0 Å². The molecule has 4 N–H and O–H groups in total. The molecular formula is C31H35F3N6O7S2. The van der Waals surface area contributed by atoms with Gasteiger partial charge in [-0.3, -0.25) is 23.9 Å². The van der Waals surface area contributed by atoms with Crippen molar-refractivity contribution in [1.29, 1.82) is 0 Å².